The molecule has 0 saturated heterocycles. The average molecular weight is 174 g/mol. The molecule has 1 unspecified atom stereocenters. The second-order valence-electron chi connectivity index (χ2n) is 3.25. The zero-order valence-electron chi connectivity index (χ0n) is 7.83. The van der Waals surface area contributed by atoms with Gasteiger partial charge in [-0.15, -0.1) is 12.3 Å². The monoisotopic (exact) mass is 174 g/mol. The van der Waals surface area contributed by atoms with E-state index in [0.29, 0.717) is 12.8 Å². The summed E-state index contributed by atoms with van der Waals surface area (Å²) in [6.45, 7) is 2.04. The number of hydrogen-bond donors (Lipinski definition) is 1. The Bertz CT molecular complexity index is 292. The van der Waals surface area contributed by atoms with E-state index in [1.807, 2.05) is 31.2 Å². The van der Waals surface area contributed by atoms with Crippen molar-refractivity contribution in [2.45, 2.75) is 25.9 Å². The molecule has 0 aromatic heterocycles. The van der Waals surface area contributed by atoms with E-state index in [-0.39, 0.29) is 0 Å². The summed E-state index contributed by atoms with van der Waals surface area (Å²) in [6.07, 6.45) is 5.76. The van der Waals surface area contributed by atoms with Gasteiger partial charge in [0.05, 0.1) is 6.10 Å². The molecule has 1 aromatic rings. The van der Waals surface area contributed by atoms with Crippen molar-refractivity contribution in [3.63, 3.8) is 0 Å². The number of rotatable bonds is 3. The van der Waals surface area contributed by atoms with E-state index in [0.717, 1.165) is 5.56 Å². The molecule has 0 aliphatic carbocycles. The molecule has 0 spiro atoms. The Morgan fingerprint density at radius 3 is 2.54 bits per heavy atom. The summed E-state index contributed by atoms with van der Waals surface area (Å²) in [6, 6.07) is 8.12. The van der Waals surface area contributed by atoms with Gasteiger partial charge in [-0.2, -0.15) is 0 Å². The Labute approximate surface area is 79.4 Å². The zero-order valence-corrected chi connectivity index (χ0v) is 7.83. The fraction of sp³-hybridized carbons (Fsp3) is 0.333. The third-order valence-electron chi connectivity index (χ3n) is 1.95. The van der Waals surface area contributed by atoms with Crippen molar-refractivity contribution in [3.8, 4) is 12.3 Å². The second-order valence-corrected chi connectivity index (χ2v) is 3.25. The van der Waals surface area contributed by atoms with Crippen LogP contribution in [-0.2, 0) is 6.42 Å². The highest BCUT2D eigenvalue weighted by atomic mass is 16.3. The summed E-state index contributed by atoms with van der Waals surface area (Å²) in [5.74, 6) is 2.45. The van der Waals surface area contributed by atoms with Crippen molar-refractivity contribution in [1.82, 2.24) is 0 Å². The molecule has 0 fully saturated rings. The molecular formula is C12H14O. The van der Waals surface area contributed by atoms with Gasteiger partial charge in [0, 0.05) is 6.42 Å². The number of aryl methyl sites for hydroxylation is 1. The van der Waals surface area contributed by atoms with Crippen LogP contribution < -0.4 is 0 Å². The van der Waals surface area contributed by atoms with Gasteiger partial charge in [-0.1, -0.05) is 29.8 Å². The fourth-order valence-corrected chi connectivity index (χ4v) is 1.20. The molecule has 0 radical (unpaired) electrons. The summed E-state index contributed by atoms with van der Waals surface area (Å²) in [4.78, 5) is 0. The lowest BCUT2D eigenvalue weighted by Gasteiger charge is -2.06. The SMILES string of the molecule is C#CCC(O)Cc1ccc(C)cc1. The third-order valence-corrected chi connectivity index (χ3v) is 1.95. The molecular weight excluding hydrogens is 160 g/mol. The first-order chi connectivity index (χ1) is 6.22. The number of hydrogen-bond acceptors (Lipinski definition) is 1. The van der Waals surface area contributed by atoms with Gasteiger partial charge in [-0.25, -0.2) is 0 Å². The largest absolute Gasteiger partial charge is 0.392 e. The molecule has 0 amide bonds. The molecule has 1 N–H and O–H groups in total. The van der Waals surface area contributed by atoms with Gasteiger partial charge < -0.3 is 5.11 Å². The molecule has 13 heavy (non-hydrogen) atoms. The highest BCUT2D eigenvalue weighted by molar-refractivity contribution is 5.21. The van der Waals surface area contributed by atoms with Crippen LogP contribution in [0, 0.1) is 19.3 Å². The van der Waals surface area contributed by atoms with Crippen molar-refractivity contribution < 1.29 is 5.11 Å². The summed E-state index contributed by atoms with van der Waals surface area (Å²) in [7, 11) is 0. The molecule has 1 nitrogen and oxygen atoms in total. The molecule has 1 atom stereocenters. The third kappa shape index (κ3) is 3.31. The minimum absolute atomic E-state index is 0.410. The minimum Gasteiger partial charge on any atom is -0.392 e. The van der Waals surface area contributed by atoms with Crippen LogP contribution in [-0.4, -0.2) is 11.2 Å². The molecule has 68 valence electrons. The Morgan fingerprint density at radius 1 is 1.38 bits per heavy atom. The van der Waals surface area contributed by atoms with Gasteiger partial charge in [-0.3, -0.25) is 0 Å². The summed E-state index contributed by atoms with van der Waals surface area (Å²) < 4.78 is 0. The van der Waals surface area contributed by atoms with Crippen LogP contribution in [0.1, 0.15) is 17.5 Å². The summed E-state index contributed by atoms with van der Waals surface area (Å²) in [5.41, 5.74) is 2.36. The van der Waals surface area contributed by atoms with Gasteiger partial charge >= 0.3 is 0 Å². The molecule has 1 rings (SSSR count). The predicted octanol–water partition coefficient (Wildman–Crippen LogP) is 1.92. The van der Waals surface area contributed by atoms with Gasteiger partial charge in [0.1, 0.15) is 0 Å². The lowest BCUT2D eigenvalue weighted by molar-refractivity contribution is 0.181. The van der Waals surface area contributed by atoms with E-state index in [4.69, 9.17) is 6.42 Å². The van der Waals surface area contributed by atoms with Gasteiger partial charge in [-0.05, 0) is 18.9 Å². The van der Waals surface area contributed by atoms with Crippen molar-refractivity contribution in [3.05, 3.63) is 35.4 Å². The van der Waals surface area contributed by atoms with Gasteiger partial charge in [0.15, 0.2) is 0 Å². The van der Waals surface area contributed by atoms with Crippen molar-refractivity contribution in [1.29, 1.82) is 0 Å². The smallest absolute Gasteiger partial charge is 0.0689 e. The number of benzene rings is 1. The normalized spacial score (nSPS) is 12.1. The van der Waals surface area contributed by atoms with E-state index < -0.39 is 6.10 Å². The Kier molecular flexibility index (Phi) is 3.54. The van der Waals surface area contributed by atoms with Crippen LogP contribution in [0.25, 0.3) is 0 Å². The lowest BCUT2D eigenvalue weighted by atomic mass is 10.0. The van der Waals surface area contributed by atoms with E-state index in [2.05, 4.69) is 5.92 Å². The Hall–Kier alpha value is -1.26. The first kappa shape index (κ1) is 9.83. The topological polar surface area (TPSA) is 20.2 Å². The van der Waals surface area contributed by atoms with Crippen molar-refractivity contribution in [2.24, 2.45) is 0 Å². The maximum absolute atomic E-state index is 9.43. The zero-order chi connectivity index (χ0) is 9.68. The van der Waals surface area contributed by atoms with Crippen LogP contribution in [0.15, 0.2) is 24.3 Å². The number of aliphatic hydroxyl groups is 1. The first-order valence-electron chi connectivity index (χ1n) is 4.39. The standard InChI is InChI=1S/C12H14O/c1-3-4-12(13)9-11-7-5-10(2)6-8-11/h1,5-8,12-13H,4,9H2,2H3. The first-order valence-corrected chi connectivity index (χ1v) is 4.39. The van der Waals surface area contributed by atoms with Crippen LogP contribution in [0.4, 0.5) is 0 Å². The van der Waals surface area contributed by atoms with Crippen LogP contribution in [0.2, 0.25) is 0 Å². The predicted molar refractivity (Wildman–Crippen MR) is 54.3 cm³/mol. The molecule has 0 bridgehead atoms. The van der Waals surface area contributed by atoms with E-state index in [1.165, 1.54) is 5.56 Å². The summed E-state index contributed by atoms with van der Waals surface area (Å²) >= 11 is 0. The van der Waals surface area contributed by atoms with Crippen LogP contribution in [0.5, 0.6) is 0 Å². The van der Waals surface area contributed by atoms with E-state index in [1.54, 1.807) is 0 Å². The van der Waals surface area contributed by atoms with E-state index in [9.17, 15) is 5.11 Å². The average Bonchev–Trinajstić information content (AvgIpc) is 2.09. The molecule has 0 aliphatic rings. The lowest BCUT2D eigenvalue weighted by Crippen LogP contribution is -2.08. The molecule has 0 saturated carbocycles. The van der Waals surface area contributed by atoms with Crippen molar-refractivity contribution in [2.75, 3.05) is 0 Å². The fourth-order valence-electron chi connectivity index (χ4n) is 1.20. The van der Waals surface area contributed by atoms with Gasteiger partial charge in [0.25, 0.3) is 0 Å². The second kappa shape index (κ2) is 4.69. The molecule has 1 aromatic carbocycles. The quantitative estimate of drug-likeness (QED) is 0.694. The molecule has 0 aliphatic heterocycles. The van der Waals surface area contributed by atoms with Crippen LogP contribution in [0.3, 0.4) is 0 Å². The maximum atomic E-state index is 9.43. The highest BCUT2D eigenvalue weighted by Crippen LogP contribution is 2.07. The number of aliphatic hydroxyl groups excluding tert-OH is 1. The number of terminal acetylenes is 1. The van der Waals surface area contributed by atoms with Crippen molar-refractivity contribution >= 4 is 0 Å². The van der Waals surface area contributed by atoms with Crippen LogP contribution >= 0.6 is 0 Å². The Balaban J connectivity index is 2.55. The Morgan fingerprint density at radius 2 is 2.00 bits per heavy atom. The van der Waals surface area contributed by atoms with E-state index >= 15 is 0 Å². The van der Waals surface area contributed by atoms with Gasteiger partial charge in [0.2, 0.25) is 0 Å². The molecule has 0 heterocycles. The minimum atomic E-state index is -0.410. The highest BCUT2D eigenvalue weighted by Gasteiger charge is 2.02. The summed E-state index contributed by atoms with van der Waals surface area (Å²) in [5, 5.41) is 9.43. The molecule has 1 heteroatoms. The maximum Gasteiger partial charge on any atom is 0.0689 e.